The Labute approximate surface area is 108 Å². The van der Waals surface area contributed by atoms with Gasteiger partial charge in [-0.1, -0.05) is 0 Å². The van der Waals surface area contributed by atoms with Crippen LogP contribution in [-0.2, 0) is 19.4 Å². The Bertz CT molecular complexity index is 411. The molecule has 0 aromatic carbocycles. The average molecular weight is 278 g/mol. The molecule has 7 heteroatoms. The summed E-state index contributed by atoms with van der Waals surface area (Å²) in [6.45, 7) is 4.14. The van der Waals surface area contributed by atoms with Gasteiger partial charge in [-0.3, -0.25) is 4.79 Å². The van der Waals surface area contributed by atoms with Gasteiger partial charge in [-0.2, -0.15) is 0 Å². The SMILES string of the molecule is CC(C)(C(=O)NC1(CN)CCOCC1)S(C)(=O)=O. The van der Waals surface area contributed by atoms with Crippen molar-refractivity contribution >= 4 is 15.7 Å². The highest BCUT2D eigenvalue weighted by Crippen LogP contribution is 2.23. The minimum absolute atomic E-state index is 0.280. The lowest BCUT2D eigenvalue weighted by atomic mass is 9.89. The Balaban J connectivity index is 2.86. The van der Waals surface area contributed by atoms with Crippen LogP contribution in [0.4, 0.5) is 0 Å². The molecule has 1 heterocycles. The number of carbonyl (C=O) groups is 1. The number of rotatable bonds is 4. The molecule has 106 valence electrons. The number of sulfone groups is 1. The van der Waals surface area contributed by atoms with E-state index in [0.29, 0.717) is 26.1 Å². The highest BCUT2D eigenvalue weighted by atomic mass is 32.2. The molecular formula is C11H22N2O4S. The monoisotopic (exact) mass is 278 g/mol. The van der Waals surface area contributed by atoms with Crippen molar-refractivity contribution in [1.82, 2.24) is 5.32 Å². The molecule has 1 aliphatic rings. The van der Waals surface area contributed by atoms with E-state index in [1.54, 1.807) is 0 Å². The smallest absolute Gasteiger partial charge is 0.241 e. The molecule has 0 radical (unpaired) electrons. The zero-order valence-electron chi connectivity index (χ0n) is 11.2. The molecule has 3 N–H and O–H groups in total. The molecule has 0 atom stereocenters. The second kappa shape index (κ2) is 5.14. The standard InChI is InChI=1S/C11H22N2O4S/c1-10(2,18(3,15)16)9(14)13-11(8-12)4-6-17-7-5-11/h4-8,12H2,1-3H3,(H,13,14). The van der Waals surface area contributed by atoms with Crippen molar-refractivity contribution in [2.75, 3.05) is 26.0 Å². The third-order valence-electron chi connectivity index (χ3n) is 3.69. The molecule has 6 nitrogen and oxygen atoms in total. The molecule has 0 spiro atoms. The lowest BCUT2D eigenvalue weighted by Crippen LogP contribution is -2.61. The highest BCUT2D eigenvalue weighted by Gasteiger charge is 2.43. The summed E-state index contributed by atoms with van der Waals surface area (Å²) in [5.41, 5.74) is 5.17. The van der Waals surface area contributed by atoms with E-state index in [2.05, 4.69) is 5.32 Å². The predicted molar refractivity (Wildman–Crippen MR) is 68.9 cm³/mol. The van der Waals surface area contributed by atoms with E-state index in [1.165, 1.54) is 13.8 Å². The van der Waals surface area contributed by atoms with Gasteiger partial charge in [0.05, 0.1) is 5.54 Å². The molecule has 0 aromatic heterocycles. The van der Waals surface area contributed by atoms with Crippen LogP contribution in [0, 0.1) is 0 Å². The van der Waals surface area contributed by atoms with Gasteiger partial charge in [0, 0.05) is 26.0 Å². The number of amides is 1. The summed E-state index contributed by atoms with van der Waals surface area (Å²) in [4.78, 5) is 12.2. The number of nitrogens with one attached hydrogen (secondary N) is 1. The topological polar surface area (TPSA) is 98.5 Å². The van der Waals surface area contributed by atoms with Gasteiger partial charge in [0.25, 0.3) is 0 Å². The van der Waals surface area contributed by atoms with Crippen LogP contribution in [0.3, 0.4) is 0 Å². The molecule has 1 rings (SSSR count). The lowest BCUT2D eigenvalue weighted by Gasteiger charge is -2.39. The number of hydrogen-bond acceptors (Lipinski definition) is 5. The van der Waals surface area contributed by atoms with E-state index < -0.39 is 26.0 Å². The molecule has 1 saturated heterocycles. The van der Waals surface area contributed by atoms with Gasteiger partial charge < -0.3 is 15.8 Å². The van der Waals surface area contributed by atoms with E-state index in [1.807, 2.05) is 0 Å². The molecular weight excluding hydrogens is 256 g/mol. The van der Waals surface area contributed by atoms with Gasteiger partial charge in [0.1, 0.15) is 4.75 Å². The van der Waals surface area contributed by atoms with Crippen LogP contribution in [0.25, 0.3) is 0 Å². The molecule has 0 aromatic rings. The Morgan fingerprint density at radius 2 is 1.89 bits per heavy atom. The van der Waals surface area contributed by atoms with Crippen molar-refractivity contribution in [3.05, 3.63) is 0 Å². The molecule has 1 aliphatic heterocycles. The minimum atomic E-state index is -3.47. The summed E-state index contributed by atoms with van der Waals surface area (Å²) in [5.74, 6) is -0.502. The molecule has 1 amide bonds. The molecule has 18 heavy (non-hydrogen) atoms. The van der Waals surface area contributed by atoms with Crippen molar-refractivity contribution in [3.8, 4) is 0 Å². The Morgan fingerprint density at radius 3 is 2.28 bits per heavy atom. The van der Waals surface area contributed by atoms with Crippen molar-refractivity contribution < 1.29 is 17.9 Å². The maximum Gasteiger partial charge on any atom is 0.241 e. The first-order valence-electron chi connectivity index (χ1n) is 5.95. The fourth-order valence-electron chi connectivity index (χ4n) is 1.70. The van der Waals surface area contributed by atoms with Crippen LogP contribution in [0.1, 0.15) is 26.7 Å². The Kier molecular flexibility index (Phi) is 4.40. The van der Waals surface area contributed by atoms with Gasteiger partial charge in [0.15, 0.2) is 9.84 Å². The zero-order valence-corrected chi connectivity index (χ0v) is 12.0. The van der Waals surface area contributed by atoms with E-state index in [9.17, 15) is 13.2 Å². The predicted octanol–water partition coefficient (Wildman–Crippen LogP) is -0.566. The Morgan fingerprint density at radius 1 is 1.39 bits per heavy atom. The van der Waals surface area contributed by atoms with Gasteiger partial charge in [-0.25, -0.2) is 8.42 Å². The quantitative estimate of drug-likeness (QED) is 0.718. The number of hydrogen-bond donors (Lipinski definition) is 2. The van der Waals surface area contributed by atoms with Crippen molar-refractivity contribution in [2.24, 2.45) is 5.73 Å². The summed E-state index contributed by atoms with van der Waals surface area (Å²) in [7, 11) is -3.47. The molecule has 1 fully saturated rings. The van der Waals surface area contributed by atoms with Gasteiger partial charge >= 0.3 is 0 Å². The number of carbonyl (C=O) groups excluding carboxylic acids is 1. The van der Waals surface area contributed by atoms with Gasteiger partial charge in [-0.15, -0.1) is 0 Å². The number of nitrogens with two attached hydrogens (primary N) is 1. The normalized spacial score (nSPS) is 20.4. The van der Waals surface area contributed by atoms with Crippen LogP contribution in [0.5, 0.6) is 0 Å². The van der Waals surface area contributed by atoms with Crippen molar-refractivity contribution in [2.45, 2.75) is 37.0 Å². The Hall–Kier alpha value is -0.660. The molecule has 0 unspecified atom stereocenters. The van der Waals surface area contributed by atoms with E-state index in [0.717, 1.165) is 6.26 Å². The maximum atomic E-state index is 12.2. The van der Waals surface area contributed by atoms with Crippen molar-refractivity contribution in [3.63, 3.8) is 0 Å². The van der Waals surface area contributed by atoms with Crippen molar-refractivity contribution in [1.29, 1.82) is 0 Å². The minimum Gasteiger partial charge on any atom is -0.381 e. The first-order chi connectivity index (χ1) is 8.15. The van der Waals surface area contributed by atoms with E-state index in [4.69, 9.17) is 10.5 Å². The third kappa shape index (κ3) is 3.02. The van der Waals surface area contributed by atoms with Crippen LogP contribution in [-0.4, -0.2) is 50.6 Å². The summed E-state index contributed by atoms with van der Waals surface area (Å²) in [5, 5.41) is 2.81. The third-order valence-corrected chi connectivity index (χ3v) is 5.73. The first-order valence-corrected chi connectivity index (χ1v) is 7.84. The zero-order chi connectivity index (χ0) is 14.0. The van der Waals surface area contributed by atoms with E-state index in [-0.39, 0.29) is 6.54 Å². The maximum absolute atomic E-state index is 12.2. The fourth-order valence-corrected chi connectivity index (χ4v) is 2.09. The average Bonchev–Trinajstić information content (AvgIpc) is 2.28. The summed E-state index contributed by atoms with van der Waals surface area (Å²) in [6, 6.07) is 0. The first kappa shape index (κ1) is 15.4. The van der Waals surface area contributed by atoms with Crippen LogP contribution < -0.4 is 11.1 Å². The number of ether oxygens (including phenoxy) is 1. The molecule has 0 saturated carbocycles. The largest absolute Gasteiger partial charge is 0.381 e. The van der Waals surface area contributed by atoms with Gasteiger partial charge in [0.2, 0.25) is 5.91 Å². The second-order valence-electron chi connectivity index (χ2n) is 5.33. The lowest BCUT2D eigenvalue weighted by molar-refractivity contribution is -0.125. The second-order valence-corrected chi connectivity index (χ2v) is 7.90. The molecule has 0 aliphatic carbocycles. The van der Waals surface area contributed by atoms with E-state index >= 15 is 0 Å². The molecule has 0 bridgehead atoms. The van der Waals surface area contributed by atoms with Crippen LogP contribution >= 0.6 is 0 Å². The summed E-state index contributed by atoms with van der Waals surface area (Å²) < 4.78 is 27.0. The van der Waals surface area contributed by atoms with Gasteiger partial charge in [-0.05, 0) is 26.7 Å². The summed E-state index contributed by atoms with van der Waals surface area (Å²) in [6.07, 6.45) is 2.27. The summed E-state index contributed by atoms with van der Waals surface area (Å²) >= 11 is 0. The van der Waals surface area contributed by atoms with Crippen LogP contribution in [0.2, 0.25) is 0 Å². The fraction of sp³-hybridized carbons (Fsp3) is 0.909. The highest BCUT2D eigenvalue weighted by molar-refractivity contribution is 7.92. The van der Waals surface area contributed by atoms with Crippen LogP contribution in [0.15, 0.2) is 0 Å².